The van der Waals surface area contributed by atoms with Crippen molar-refractivity contribution in [3.8, 4) is 0 Å². The molecule has 0 aromatic carbocycles. The maximum atomic E-state index is 8.55. The lowest BCUT2D eigenvalue weighted by atomic mass is 10.5. The lowest BCUT2D eigenvalue weighted by Gasteiger charge is -2.16. The molecule has 0 atom stereocenters. The first-order valence-corrected chi connectivity index (χ1v) is 5.92. The molecule has 1 N–H and O–H groups in total. The van der Waals surface area contributed by atoms with E-state index in [4.69, 9.17) is 14.6 Å². The van der Waals surface area contributed by atoms with Crippen molar-refractivity contribution >= 4 is 11.8 Å². The molecule has 0 fully saturated rings. The topological polar surface area (TPSA) is 38.7 Å². The molecule has 0 aliphatic carbocycles. The highest BCUT2D eigenvalue weighted by Gasteiger charge is 2.06. The van der Waals surface area contributed by atoms with Crippen LogP contribution >= 0.6 is 11.8 Å². The van der Waals surface area contributed by atoms with Gasteiger partial charge in [0.2, 0.25) is 0 Å². The normalized spacial score (nSPS) is 11.1. The Morgan fingerprint density at radius 2 is 1.77 bits per heavy atom. The summed E-state index contributed by atoms with van der Waals surface area (Å²) in [6, 6.07) is 0. The van der Waals surface area contributed by atoms with Gasteiger partial charge >= 0.3 is 0 Å². The van der Waals surface area contributed by atoms with Crippen molar-refractivity contribution in [3.05, 3.63) is 0 Å². The molecule has 80 valence electrons. The molecular weight excluding hydrogens is 188 g/mol. The summed E-state index contributed by atoms with van der Waals surface area (Å²) in [6.07, 6.45) is 0.827. The lowest BCUT2D eigenvalue weighted by Crippen LogP contribution is -2.18. The van der Waals surface area contributed by atoms with Gasteiger partial charge in [-0.3, -0.25) is 0 Å². The van der Waals surface area contributed by atoms with Crippen molar-refractivity contribution in [2.75, 3.05) is 31.3 Å². The van der Waals surface area contributed by atoms with Gasteiger partial charge in [-0.1, -0.05) is 0 Å². The smallest absolute Gasteiger partial charge is 0.158 e. The van der Waals surface area contributed by atoms with E-state index in [9.17, 15) is 0 Å². The molecule has 0 aromatic heterocycles. The second-order valence-corrected chi connectivity index (χ2v) is 3.69. The lowest BCUT2D eigenvalue weighted by molar-refractivity contribution is -0.136. The first-order chi connectivity index (χ1) is 6.35. The number of rotatable bonds is 9. The van der Waals surface area contributed by atoms with Gasteiger partial charge in [-0.2, -0.15) is 11.8 Å². The maximum absolute atomic E-state index is 8.55. The first-order valence-electron chi connectivity index (χ1n) is 4.76. The van der Waals surface area contributed by atoms with Gasteiger partial charge in [-0.25, -0.2) is 0 Å². The third-order valence-corrected chi connectivity index (χ3v) is 2.43. The monoisotopic (exact) mass is 208 g/mol. The number of hydrogen-bond donors (Lipinski definition) is 1. The zero-order valence-corrected chi connectivity index (χ0v) is 9.31. The van der Waals surface area contributed by atoms with Crippen LogP contribution in [0.5, 0.6) is 0 Å². The summed E-state index contributed by atoms with van der Waals surface area (Å²) in [6.45, 7) is 5.56. The molecule has 3 nitrogen and oxygen atoms in total. The third kappa shape index (κ3) is 8.56. The quantitative estimate of drug-likeness (QED) is 0.460. The highest BCUT2D eigenvalue weighted by atomic mass is 32.2. The van der Waals surface area contributed by atoms with Gasteiger partial charge in [0, 0.05) is 25.4 Å². The van der Waals surface area contributed by atoms with Crippen molar-refractivity contribution in [2.45, 2.75) is 26.6 Å². The predicted octanol–water partition coefficient (Wildman–Crippen LogP) is 1.50. The van der Waals surface area contributed by atoms with Crippen LogP contribution < -0.4 is 0 Å². The van der Waals surface area contributed by atoms with Crippen LogP contribution in [0.1, 0.15) is 20.3 Å². The summed E-state index contributed by atoms with van der Waals surface area (Å²) >= 11 is 1.72. The Bertz CT molecular complexity index is 94.9. The zero-order valence-electron chi connectivity index (χ0n) is 8.49. The Morgan fingerprint density at radius 3 is 2.23 bits per heavy atom. The molecule has 0 amide bonds. The molecule has 13 heavy (non-hydrogen) atoms. The van der Waals surface area contributed by atoms with Crippen LogP contribution in [-0.2, 0) is 9.47 Å². The molecule has 0 rings (SSSR count). The molecule has 0 saturated carbocycles. The van der Waals surface area contributed by atoms with E-state index < -0.39 is 0 Å². The van der Waals surface area contributed by atoms with Crippen molar-refractivity contribution in [1.29, 1.82) is 0 Å². The highest BCUT2D eigenvalue weighted by molar-refractivity contribution is 7.99. The van der Waals surface area contributed by atoms with Gasteiger partial charge in [-0.05, 0) is 19.6 Å². The Kier molecular flexibility index (Phi) is 10.5. The molecular formula is C9H20O3S. The summed E-state index contributed by atoms with van der Waals surface area (Å²) in [5, 5.41) is 8.55. The Morgan fingerprint density at radius 1 is 1.15 bits per heavy atom. The van der Waals surface area contributed by atoms with E-state index in [1.165, 1.54) is 0 Å². The largest absolute Gasteiger partial charge is 0.396 e. The van der Waals surface area contributed by atoms with Gasteiger partial charge < -0.3 is 14.6 Å². The summed E-state index contributed by atoms with van der Waals surface area (Å²) in [4.78, 5) is 0. The zero-order chi connectivity index (χ0) is 9.94. The summed E-state index contributed by atoms with van der Waals surface area (Å²) in [5.41, 5.74) is 0. The summed E-state index contributed by atoms with van der Waals surface area (Å²) in [7, 11) is 0. The van der Waals surface area contributed by atoms with Crippen LogP contribution in [0.15, 0.2) is 0 Å². The van der Waals surface area contributed by atoms with E-state index in [0.29, 0.717) is 13.2 Å². The average molecular weight is 208 g/mol. The van der Waals surface area contributed by atoms with Crippen LogP contribution in [0.25, 0.3) is 0 Å². The van der Waals surface area contributed by atoms with Gasteiger partial charge in [0.05, 0.1) is 6.61 Å². The van der Waals surface area contributed by atoms with Crippen molar-refractivity contribution < 1.29 is 14.6 Å². The summed E-state index contributed by atoms with van der Waals surface area (Å²) < 4.78 is 10.7. The minimum absolute atomic E-state index is 0.0683. The fourth-order valence-electron chi connectivity index (χ4n) is 0.933. The number of hydrogen-bond acceptors (Lipinski definition) is 4. The van der Waals surface area contributed by atoms with Crippen LogP contribution in [0.3, 0.4) is 0 Å². The van der Waals surface area contributed by atoms with Gasteiger partial charge in [0.25, 0.3) is 0 Å². The van der Waals surface area contributed by atoms with Crippen LogP contribution in [-0.4, -0.2) is 42.7 Å². The van der Waals surface area contributed by atoms with E-state index in [0.717, 1.165) is 17.9 Å². The molecule has 0 unspecified atom stereocenters. The SMILES string of the molecule is CCOC(CCSCCO)OCC. The van der Waals surface area contributed by atoms with Crippen molar-refractivity contribution in [3.63, 3.8) is 0 Å². The Hall–Kier alpha value is 0.230. The fraction of sp³-hybridized carbons (Fsp3) is 1.00. The van der Waals surface area contributed by atoms with Gasteiger partial charge in [0.15, 0.2) is 6.29 Å². The van der Waals surface area contributed by atoms with E-state index in [1.54, 1.807) is 11.8 Å². The standard InChI is InChI=1S/C9H20O3S/c1-3-11-9(12-4-2)5-7-13-8-6-10/h9-10H,3-8H2,1-2H3. The minimum atomic E-state index is -0.0683. The van der Waals surface area contributed by atoms with Crippen molar-refractivity contribution in [1.82, 2.24) is 0 Å². The minimum Gasteiger partial charge on any atom is -0.396 e. The molecule has 4 heteroatoms. The Labute approximate surface area is 84.8 Å². The number of thioether (sulfide) groups is 1. The number of aliphatic hydroxyl groups is 1. The van der Waals surface area contributed by atoms with Crippen molar-refractivity contribution in [2.24, 2.45) is 0 Å². The molecule has 0 heterocycles. The van der Waals surface area contributed by atoms with Crippen LogP contribution in [0.4, 0.5) is 0 Å². The van der Waals surface area contributed by atoms with E-state index in [1.807, 2.05) is 13.8 Å². The predicted molar refractivity (Wildman–Crippen MR) is 56.1 cm³/mol. The molecule has 0 bridgehead atoms. The van der Waals surface area contributed by atoms with Gasteiger partial charge in [-0.15, -0.1) is 0 Å². The fourth-order valence-corrected chi connectivity index (χ4v) is 1.63. The molecule has 0 saturated heterocycles. The second-order valence-electron chi connectivity index (χ2n) is 2.46. The molecule has 0 spiro atoms. The summed E-state index contributed by atoms with van der Waals surface area (Å²) in [5.74, 6) is 1.77. The maximum Gasteiger partial charge on any atom is 0.158 e. The molecule has 0 aromatic rings. The molecule has 0 aliphatic rings. The molecule has 0 radical (unpaired) electrons. The van der Waals surface area contributed by atoms with Gasteiger partial charge in [0.1, 0.15) is 0 Å². The first kappa shape index (κ1) is 13.2. The van der Waals surface area contributed by atoms with E-state index >= 15 is 0 Å². The van der Waals surface area contributed by atoms with Crippen LogP contribution in [0.2, 0.25) is 0 Å². The average Bonchev–Trinajstić information content (AvgIpc) is 2.13. The van der Waals surface area contributed by atoms with E-state index in [2.05, 4.69) is 0 Å². The molecule has 0 aliphatic heterocycles. The number of aliphatic hydroxyl groups excluding tert-OH is 1. The number of ether oxygens (including phenoxy) is 2. The third-order valence-electron chi connectivity index (χ3n) is 1.44. The Balaban J connectivity index is 3.33. The van der Waals surface area contributed by atoms with E-state index in [-0.39, 0.29) is 12.9 Å². The van der Waals surface area contributed by atoms with Crippen LogP contribution in [0, 0.1) is 0 Å². The second kappa shape index (κ2) is 10.3. The highest BCUT2D eigenvalue weighted by Crippen LogP contribution is 2.08.